The topological polar surface area (TPSA) is 76.1 Å². The minimum Gasteiger partial charge on any atom is -0.385 e. The van der Waals surface area contributed by atoms with E-state index < -0.39 is 0 Å². The molecule has 0 aliphatic carbocycles. The zero-order valence-corrected chi connectivity index (χ0v) is 10.2. The largest absolute Gasteiger partial charge is 0.385 e. The first-order valence-corrected chi connectivity index (χ1v) is 5.62. The second-order valence-electron chi connectivity index (χ2n) is 3.44. The van der Waals surface area contributed by atoms with Gasteiger partial charge in [-0.3, -0.25) is 4.79 Å². The van der Waals surface area contributed by atoms with Gasteiger partial charge in [0, 0.05) is 26.8 Å². The van der Waals surface area contributed by atoms with Gasteiger partial charge in [-0.2, -0.15) is 0 Å². The summed E-state index contributed by atoms with van der Waals surface area (Å²) in [5.74, 6) is 0.458. The molecule has 1 aromatic heterocycles. The number of rotatable bonds is 7. The van der Waals surface area contributed by atoms with E-state index in [0.29, 0.717) is 24.7 Å². The summed E-state index contributed by atoms with van der Waals surface area (Å²) in [4.78, 5) is 11.4. The number of anilines is 1. The lowest BCUT2D eigenvalue weighted by Gasteiger charge is -2.05. The highest BCUT2D eigenvalue weighted by Gasteiger charge is 2.05. The average molecular weight is 238 g/mol. The van der Waals surface area contributed by atoms with Crippen LogP contribution in [0.2, 0.25) is 0 Å². The van der Waals surface area contributed by atoms with E-state index >= 15 is 0 Å². The smallest absolute Gasteiger partial charge is 0.271 e. The summed E-state index contributed by atoms with van der Waals surface area (Å²) in [6, 6.07) is 3.39. The van der Waals surface area contributed by atoms with Gasteiger partial charge in [-0.25, -0.2) is 0 Å². The third-order valence-electron chi connectivity index (χ3n) is 2.07. The van der Waals surface area contributed by atoms with Gasteiger partial charge in [-0.1, -0.05) is 0 Å². The zero-order chi connectivity index (χ0) is 12.5. The highest BCUT2D eigenvalue weighted by molar-refractivity contribution is 5.92. The first-order valence-electron chi connectivity index (χ1n) is 5.62. The molecule has 0 atom stereocenters. The molecule has 0 aliphatic rings. The number of nitrogens with one attached hydrogen (secondary N) is 2. The monoisotopic (exact) mass is 238 g/mol. The van der Waals surface area contributed by atoms with Crippen LogP contribution in [0.1, 0.15) is 23.8 Å². The number of ether oxygens (including phenoxy) is 1. The Morgan fingerprint density at radius 1 is 1.41 bits per heavy atom. The maximum Gasteiger partial charge on any atom is 0.271 e. The van der Waals surface area contributed by atoms with E-state index in [1.165, 1.54) is 0 Å². The molecule has 0 fully saturated rings. The Balaban J connectivity index is 2.42. The van der Waals surface area contributed by atoms with Gasteiger partial charge in [-0.05, 0) is 25.5 Å². The van der Waals surface area contributed by atoms with Gasteiger partial charge in [-0.15, -0.1) is 10.2 Å². The summed E-state index contributed by atoms with van der Waals surface area (Å²) in [5.41, 5.74) is 0.328. The third kappa shape index (κ3) is 4.78. The summed E-state index contributed by atoms with van der Waals surface area (Å²) < 4.78 is 4.93. The van der Waals surface area contributed by atoms with Gasteiger partial charge < -0.3 is 15.4 Å². The minimum absolute atomic E-state index is 0.203. The minimum atomic E-state index is -0.203. The van der Waals surface area contributed by atoms with Gasteiger partial charge in [0.15, 0.2) is 5.69 Å². The van der Waals surface area contributed by atoms with Gasteiger partial charge >= 0.3 is 0 Å². The molecular weight excluding hydrogens is 220 g/mol. The lowest BCUT2D eigenvalue weighted by Crippen LogP contribution is -2.24. The predicted molar refractivity (Wildman–Crippen MR) is 65.0 cm³/mol. The average Bonchev–Trinajstić information content (AvgIpc) is 2.36. The molecule has 17 heavy (non-hydrogen) atoms. The van der Waals surface area contributed by atoms with E-state index in [1.54, 1.807) is 19.2 Å². The molecule has 6 heteroatoms. The molecule has 0 aromatic carbocycles. The molecule has 1 amide bonds. The lowest BCUT2D eigenvalue weighted by molar-refractivity contribution is 0.0950. The number of methoxy groups -OCH3 is 1. The van der Waals surface area contributed by atoms with Crippen LogP contribution in [-0.2, 0) is 4.74 Å². The summed E-state index contributed by atoms with van der Waals surface area (Å²) >= 11 is 0. The number of hydrogen-bond donors (Lipinski definition) is 2. The van der Waals surface area contributed by atoms with Gasteiger partial charge in [0.05, 0.1) is 0 Å². The Morgan fingerprint density at radius 2 is 2.24 bits per heavy atom. The maximum atomic E-state index is 11.4. The molecular formula is C11H18N4O2. The Kier molecular flexibility index (Phi) is 5.95. The molecule has 0 saturated carbocycles. The molecule has 0 aliphatic heterocycles. The van der Waals surface area contributed by atoms with Crippen LogP contribution in [-0.4, -0.2) is 42.9 Å². The number of carbonyl (C=O) groups excluding carboxylic acids is 1. The first kappa shape index (κ1) is 13.4. The third-order valence-corrected chi connectivity index (χ3v) is 2.07. The molecule has 0 unspecified atom stereocenters. The summed E-state index contributed by atoms with van der Waals surface area (Å²) in [7, 11) is 1.67. The molecule has 94 valence electrons. The van der Waals surface area contributed by atoms with Crippen molar-refractivity contribution in [3.05, 3.63) is 17.8 Å². The van der Waals surface area contributed by atoms with Crippen molar-refractivity contribution in [2.45, 2.75) is 13.3 Å². The van der Waals surface area contributed by atoms with Crippen LogP contribution in [0.5, 0.6) is 0 Å². The molecule has 1 heterocycles. The van der Waals surface area contributed by atoms with Crippen LogP contribution in [0, 0.1) is 0 Å². The second-order valence-corrected chi connectivity index (χ2v) is 3.44. The van der Waals surface area contributed by atoms with Gasteiger partial charge in [0.2, 0.25) is 0 Å². The van der Waals surface area contributed by atoms with Gasteiger partial charge in [0.25, 0.3) is 5.91 Å². The fourth-order valence-corrected chi connectivity index (χ4v) is 1.23. The van der Waals surface area contributed by atoms with Crippen LogP contribution in [0.25, 0.3) is 0 Å². The van der Waals surface area contributed by atoms with Crippen LogP contribution < -0.4 is 10.6 Å². The van der Waals surface area contributed by atoms with Crippen molar-refractivity contribution >= 4 is 11.7 Å². The SMILES string of the molecule is CCNC(=O)c1ccc(NCCCOC)nn1. The molecule has 1 rings (SSSR count). The number of carbonyl (C=O) groups is 1. The van der Waals surface area contributed by atoms with Crippen molar-refractivity contribution in [2.75, 3.05) is 32.1 Å². The zero-order valence-electron chi connectivity index (χ0n) is 10.2. The fourth-order valence-electron chi connectivity index (χ4n) is 1.23. The van der Waals surface area contributed by atoms with Crippen molar-refractivity contribution in [3.8, 4) is 0 Å². The van der Waals surface area contributed by atoms with Crippen LogP contribution in [0.3, 0.4) is 0 Å². The van der Waals surface area contributed by atoms with E-state index in [1.807, 2.05) is 6.92 Å². The first-order chi connectivity index (χ1) is 8.27. The van der Waals surface area contributed by atoms with Gasteiger partial charge in [0.1, 0.15) is 5.82 Å². The van der Waals surface area contributed by atoms with E-state index in [-0.39, 0.29) is 5.91 Å². The predicted octanol–water partition coefficient (Wildman–Crippen LogP) is 0.675. The summed E-state index contributed by atoms with van der Waals surface area (Å²) in [6.07, 6.45) is 0.899. The van der Waals surface area contributed by atoms with Crippen molar-refractivity contribution < 1.29 is 9.53 Å². The number of hydrogen-bond acceptors (Lipinski definition) is 5. The normalized spacial score (nSPS) is 10.0. The standard InChI is InChI=1S/C11H18N4O2/c1-3-12-11(16)9-5-6-10(15-14-9)13-7-4-8-17-2/h5-6H,3-4,7-8H2,1-2H3,(H,12,16)(H,13,15). The summed E-state index contributed by atoms with van der Waals surface area (Å²) in [5, 5.41) is 13.5. The highest BCUT2D eigenvalue weighted by atomic mass is 16.5. The molecule has 2 N–H and O–H groups in total. The fraction of sp³-hybridized carbons (Fsp3) is 0.545. The van der Waals surface area contributed by atoms with Crippen LogP contribution >= 0.6 is 0 Å². The molecule has 0 spiro atoms. The van der Waals surface area contributed by atoms with Crippen molar-refractivity contribution in [2.24, 2.45) is 0 Å². The van der Waals surface area contributed by atoms with E-state index in [0.717, 1.165) is 13.0 Å². The molecule has 0 saturated heterocycles. The van der Waals surface area contributed by atoms with Crippen molar-refractivity contribution in [1.82, 2.24) is 15.5 Å². The van der Waals surface area contributed by atoms with E-state index in [2.05, 4.69) is 20.8 Å². The molecule has 0 radical (unpaired) electrons. The molecule has 6 nitrogen and oxygen atoms in total. The Morgan fingerprint density at radius 3 is 2.82 bits per heavy atom. The molecule has 1 aromatic rings. The Labute approximate surface area is 101 Å². The van der Waals surface area contributed by atoms with E-state index in [9.17, 15) is 4.79 Å². The Hall–Kier alpha value is -1.69. The highest BCUT2D eigenvalue weighted by Crippen LogP contribution is 2.01. The van der Waals surface area contributed by atoms with Crippen molar-refractivity contribution in [3.63, 3.8) is 0 Å². The van der Waals surface area contributed by atoms with Crippen LogP contribution in [0.15, 0.2) is 12.1 Å². The number of nitrogens with zero attached hydrogens (tertiary/aromatic N) is 2. The number of aromatic nitrogens is 2. The lowest BCUT2D eigenvalue weighted by atomic mass is 10.3. The molecule has 0 bridgehead atoms. The van der Waals surface area contributed by atoms with E-state index in [4.69, 9.17) is 4.74 Å². The number of amides is 1. The maximum absolute atomic E-state index is 11.4. The van der Waals surface area contributed by atoms with Crippen LogP contribution in [0.4, 0.5) is 5.82 Å². The quantitative estimate of drug-likeness (QED) is 0.683. The van der Waals surface area contributed by atoms with Crippen molar-refractivity contribution in [1.29, 1.82) is 0 Å². The second kappa shape index (κ2) is 7.56. The summed E-state index contributed by atoms with van der Waals surface area (Å²) in [6.45, 7) is 3.91. The Bertz CT molecular complexity index is 340.